The summed E-state index contributed by atoms with van der Waals surface area (Å²) in [7, 11) is 3.22. The smallest absolute Gasteiger partial charge is 0.188 e. The van der Waals surface area contributed by atoms with Crippen LogP contribution in [-0.2, 0) is 12.0 Å². The fourth-order valence-corrected chi connectivity index (χ4v) is 2.65. The number of nitrogens with zero attached hydrogens (tertiary/aromatic N) is 1. The van der Waals surface area contributed by atoms with Crippen molar-refractivity contribution >= 4 is 17.6 Å². The summed E-state index contributed by atoms with van der Waals surface area (Å²) in [4.78, 5) is 4.40. The Kier molecular flexibility index (Phi) is 6.75. The molecule has 0 aliphatic rings. The van der Waals surface area contributed by atoms with E-state index in [4.69, 9.17) is 26.8 Å². The van der Waals surface area contributed by atoms with Gasteiger partial charge in [-0.2, -0.15) is 0 Å². The van der Waals surface area contributed by atoms with Crippen LogP contribution >= 0.6 is 11.6 Å². The van der Waals surface area contributed by atoms with Crippen molar-refractivity contribution in [2.75, 3.05) is 20.8 Å². The fraction of sp³-hybridized carbons (Fsp3) is 0.350. The summed E-state index contributed by atoms with van der Waals surface area (Å²) in [6.45, 7) is 5.41. The van der Waals surface area contributed by atoms with Crippen molar-refractivity contribution in [2.24, 2.45) is 10.7 Å². The molecular formula is C20H26ClN3O2. The van der Waals surface area contributed by atoms with E-state index in [0.29, 0.717) is 30.5 Å². The van der Waals surface area contributed by atoms with Crippen LogP contribution in [0.5, 0.6) is 11.5 Å². The van der Waals surface area contributed by atoms with Crippen LogP contribution in [0, 0.1) is 0 Å². The molecule has 0 saturated heterocycles. The molecule has 0 saturated carbocycles. The molecule has 5 nitrogen and oxygen atoms in total. The number of ether oxygens (including phenoxy) is 2. The first-order chi connectivity index (χ1) is 12.4. The van der Waals surface area contributed by atoms with Crippen LogP contribution in [0.4, 0.5) is 0 Å². The van der Waals surface area contributed by atoms with Gasteiger partial charge in [0.2, 0.25) is 0 Å². The van der Waals surface area contributed by atoms with E-state index in [-0.39, 0.29) is 5.41 Å². The van der Waals surface area contributed by atoms with E-state index in [2.05, 4.69) is 24.2 Å². The van der Waals surface area contributed by atoms with Crippen LogP contribution in [0.2, 0.25) is 5.02 Å². The SMILES string of the molecule is COc1ccc(CN=C(N)NCC(C)(C)c2ccc(Cl)cc2)cc1OC. The molecule has 0 radical (unpaired) electrons. The quantitative estimate of drug-likeness (QED) is 0.571. The first-order valence-corrected chi connectivity index (χ1v) is 8.74. The number of aliphatic imine (C=N–C) groups is 1. The van der Waals surface area contributed by atoms with Crippen LogP contribution in [0.25, 0.3) is 0 Å². The molecule has 3 N–H and O–H groups in total. The number of methoxy groups -OCH3 is 2. The van der Waals surface area contributed by atoms with Crippen LogP contribution in [-0.4, -0.2) is 26.7 Å². The molecule has 0 amide bonds. The van der Waals surface area contributed by atoms with Crippen LogP contribution in [0.1, 0.15) is 25.0 Å². The summed E-state index contributed by atoms with van der Waals surface area (Å²) >= 11 is 5.96. The van der Waals surface area contributed by atoms with E-state index >= 15 is 0 Å². The van der Waals surface area contributed by atoms with E-state index in [1.54, 1.807) is 14.2 Å². The van der Waals surface area contributed by atoms with E-state index in [1.165, 1.54) is 5.56 Å². The molecule has 0 heterocycles. The maximum absolute atomic E-state index is 6.02. The summed E-state index contributed by atoms with van der Waals surface area (Å²) in [5.74, 6) is 1.77. The zero-order chi connectivity index (χ0) is 19.2. The fourth-order valence-electron chi connectivity index (χ4n) is 2.53. The van der Waals surface area contributed by atoms with Crippen molar-refractivity contribution in [3.8, 4) is 11.5 Å². The molecule has 2 aromatic carbocycles. The second-order valence-electron chi connectivity index (χ2n) is 6.64. The number of guanidine groups is 1. The van der Waals surface area contributed by atoms with Gasteiger partial charge in [-0.3, -0.25) is 0 Å². The summed E-state index contributed by atoms with van der Waals surface area (Å²) in [5, 5.41) is 3.93. The lowest BCUT2D eigenvalue weighted by Crippen LogP contribution is -2.40. The number of rotatable bonds is 7. The lowest BCUT2D eigenvalue weighted by molar-refractivity contribution is 0.354. The van der Waals surface area contributed by atoms with Crippen LogP contribution in [0.3, 0.4) is 0 Å². The Labute approximate surface area is 160 Å². The third-order valence-electron chi connectivity index (χ3n) is 4.22. The Morgan fingerprint density at radius 1 is 1.08 bits per heavy atom. The molecule has 2 rings (SSSR count). The summed E-state index contributed by atoms with van der Waals surface area (Å²) < 4.78 is 10.5. The predicted molar refractivity (Wildman–Crippen MR) is 107 cm³/mol. The average molecular weight is 376 g/mol. The van der Waals surface area contributed by atoms with Gasteiger partial charge >= 0.3 is 0 Å². The van der Waals surface area contributed by atoms with Crippen molar-refractivity contribution in [1.82, 2.24) is 5.32 Å². The van der Waals surface area contributed by atoms with E-state index in [9.17, 15) is 0 Å². The Morgan fingerprint density at radius 2 is 1.73 bits per heavy atom. The first-order valence-electron chi connectivity index (χ1n) is 8.36. The average Bonchev–Trinajstić information content (AvgIpc) is 2.64. The second kappa shape index (κ2) is 8.81. The number of hydrogen-bond donors (Lipinski definition) is 2. The highest BCUT2D eigenvalue weighted by Gasteiger charge is 2.20. The second-order valence-corrected chi connectivity index (χ2v) is 7.07. The number of nitrogens with one attached hydrogen (secondary N) is 1. The van der Waals surface area contributed by atoms with Gasteiger partial charge in [-0.1, -0.05) is 43.6 Å². The maximum atomic E-state index is 6.02. The lowest BCUT2D eigenvalue weighted by atomic mass is 9.85. The molecule has 2 aromatic rings. The third kappa shape index (κ3) is 5.30. The Balaban J connectivity index is 1.96. The molecule has 6 heteroatoms. The zero-order valence-corrected chi connectivity index (χ0v) is 16.4. The standard InChI is InChI=1S/C20H26ClN3O2/c1-20(2,15-6-8-16(21)9-7-15)13-24-19(22)23-12-14-5-10-17(25-3)18(11-14)26-4/h5-11H,12-13H2,1-4H3,(H3,22,23,24). The minimum absolute atomic E-state index is 0.103. The molecule has 0 aliphatic heterocycles. The Morgan fingerprint density at radius 3 is 2.35 bits per heavy atom. The van der Waals surface area contributed by atoms with Gasteiger partial charge < -0.3 is 20.5 Å². The molecule has 0 bridgehead atoms. The molecule has 0 fully saturated rings. The molecule has 0 atom stereocenters. The lowest BCUT2D eigenvalue weighted by Gasteiger charge is -2.26. The molecule has 0 unspecified atom stereocenters. The number of benzene rings is 2. The Bertz CT molecular complexity index is 758. The van der Waals surface area contributed by atoms with Crippen molar-refractivity contribution in [3.63, 3.8) is 0 Å². The van der Waals surface area contributed by atoms with Gasteiger partial charge in [0.15, 0.2) is 17.5 Å². The summed E-state index contributed by atoms with van der Waals surface area (Å²) in [5.41, 5.74) is 8.09. The topological polar surface area (TPSA) is 68.9 Å². The third-order valence-corrected chi connectivity index (χ3v) is 4.47. The van der Waals surface area contributed by atoms with Gasteiger partial charge in [-0.05, 0) is 35.4 Å². The highest BCUT2D eigenvalue weighted by molar-refractivity contribution is 6.30. The van der Waals surface area contributed by atoms with Gasteiger partial charge in [0, 0.05) is 17.0 Å². The van der Waals surface area contributed by atoms with Gasteiger partial charge in [0.1, 0.15) is 0 Å². The molecule has 0 aliphatic carbocycles. The van der Waals surface area contributed by atoms with Crippen molar-refractivity contribution in [1.29, 1.82) is 0 Å². The molecule has 140 valence electrons. The van der Waals surface area contributed by atoms with E-state index < -0.39 is 0 Å². The van der Waals surface area contributed by atoms with Crippen molar-refractivity contribution < 1.29 is 9.47 Å². The first kappa shape index (κ1) is 19.9. The van der Waals surface area contributed by atoms with Crippen molar-refractivity contribution in [2.45, 2.75) is 25.8 Å². The monoisotopic (exact) mass is 375 g/mol. The minimum atomic E-state index is -0.103. The molecular weight excluding hydrogens is 350 g/mol. The molecule has 0 spiro atoms. The van der Waals surface area contributed by atoms with Crippen molar-refractivity contribution in [3.05, 3.63) is 58.6 Å². The summed E-state index contributed by atoms with van der Waals surface area (Å²) in [6.07, 6.45) is 0. The van der Waals surface area contributed by atoms with Gasteiger partial charge in [-0.25, -0.2) is 4.99 Å². The highest BCUT2D eigenvalue weighted by atomic mass is 35.5. The highest BCUT2D eigenvalue weighted by Crippen LogP contribution is 2.28. The number of nitrogens with two attached hydrogens (primary N) is 1. The zero-order valence-electron chi connectivity index (χ0n) is 15.7. The largest absolute Gasteiger partial charge is 0.493 e. The normalized spacial score (nSPS) is 12.0. The van der Waals surface area contributed by atoms with E-state index in [1.807, 2.05) is 42.5 Å². The summed E-state index contributed by atoms with van der Waals surface area (Å²) in [6, 6.07) is 13.5. The van der Waals surface area contributed by atoms with Gasteiger partial charge in [0.25, 0.3) is 0 Å². The maximum Gasteiger partial charge on any atom is 0.188 e. The predicted octanol–water partition coefficient (Wildman–Crippen LogP) is 3.74. The Hall–Kier alpha value is -2.40. The minimum Gasteiger partial charge on any atom is -0.493 e. The number of halogens is 1. The van der Waals surface area contributed by atoms with Crippen LogP contribution in [0.15, 0.2) is 47.5 Å². The van der Waals surface area contributed by atoms with Gasteiger partial charge in [0.05, 0.1) is 20.8 Å². The molecule has 26 heavy (non-hydrogen) atoms. The molecule has 0 aromatic heterocycles. The van der Waals surface area contributed by atoms with E-state index in [0.717, 1.165) is 10.6 Å². The van der Waals surface area contributed by atoms with Gasteiger partial charge in [-0.15, -0.1) is 0 Å². The number of hydrogen-bond acceptors (Lipinski definition) is 3. The van der Waals surface area contributed by atoms with Crippen LogP contribution < -0.4 is 20.5 Å².